The summed E-state index contributed by atoms with van der Waals surface area (Å²) >= 11 is 0.147. The maximum absolute atomic E-state index is 10.0. The van der Waals surface area contributed by atoms with Crippen LogP contribution in [0.15, 0.2) is 0 Å². The van der Waals surface area contributed by atoms with Crippen LogP contribution in [0.3, 0.4) is 0 Å². The Balaban J connectivity index is 0. The number of rotatable bonds is 1. The van der Waals surface area contributed by atoms with Crippen LogP contribution in [-0.2, 0) is 16.1 Å². The van der Waals surface area contributed by atoms with Crippen molar-refractivity contribution in [3.8, 4) is 0 Å². The number of amides is 1. The number of hydrogen-bond acceptors (Lipinski definition) is 2. The zero-order chi connectivity index (χ0) is 5.70. The Hall–Kier alpha value is -0.350. The molecule has 0 heterocycles. The summed E-state index contributed by atoms with van der Waals surface area (Å²) < 4.78 is 9.50. The zero-order valence-electron chi connectivity index (χ0n) is 4.21. The van der Waals surface area contributed by atoms with Crippen molar-refractivity contribution in [3.63, 3.8) is 0 Å². The molecule has 0 saturated carbocycles. The molecule has 1 amide bonds. The molecule has 48 valence electrons. The summed E-state index contributed by atoms with van der Waals surface area (Å²) in [5, 5.41) is 3.21. The third kappa shape index (κ3) is 5.65. The van der Waals surface area contributed by atoms with E-state index < -0.39 is 0 Å². The molecule has 0 aliphatic carbocycles. The third-order valence-electron chi connectivity index (χ3n) is 0.402. The van der Waals surface area contributed by atoms with Gasteiger partial charge in [0.2, 0.25) is 0 Å². The Kier molecular flexibility index (Phi) is 8.81. The van der Waals surface area contributed by atoms with Crippen LogP contribution in [0.4, 0.5) is 0 Å². The molecule has 0 spiro atoms. The van der Waals surface area contributed by atoms with Gasteiger partial charge < -0.3 is 5.32 Å². The van der Waals surface area contributed by atoms with E-state index in [9.17, 15) is 9.00 Å². The molecule has 0 bridgehead atoms. The molecule has 0 aromatic rings. The summed E-state index contributed by atoms with van der Waals surface area (Å²) in [4.78, 5) is 10.0. The van der Waals surface area contributed by atoms with E-state index in [4.69, 9.17) is 0 Å². The molecule has 0 saturated heterocycles. The maximum atomic E-state index is 10.0. The molecule has 0 rings (SSSR count). The molecular weight excluding hydrogens is 150 g/mol. The van der Waals surface area contributed by atoms with Gasteiger partial charge in [0.05, 0.1) is 16.6 Å². The fraction of sp³-hybridized carbons (Fsp3) is 0.333. The minimum absolute atomic E-state index is 0. The maximum Gasteiger partial charge on any atom is 0.256 e. The second kappa shape index (κ2) is 6.65. The van der Waals surface area contributed by atoms with Crippen molar-refractivity contribution in [2.75, 3.05) is 7.05 Å². The minimum atomic E-state index is -0.347. The molecule has 1 N–H and O–H groups in total. The largest absolute Gasteiger partial charge is 0.355 e. The summed E-state index contributed by atoms with van der Waals surface area (Å²) in [5.74, 6) is -0.347. The van der Waals surface area contributed by atoms with Crippen LogP contribution in [-0.4, -0.2) is 22.5 Å². The Morgan fingerprint density at radius 1 is 1.75 bits per heavy atom. The summed E-state index contributed by atoms with van der Waals surface area (Å²) in [7, 11) is 1.47. The predicted octanol–water partition coefficient (Wildman–Crippen LogP) is -0.831. The molecule has 0 fully saturated rings. The van der Waals surface area contributed by atoms with Crippen molar-refractivity contribution in [2.45, 2.75) is 0 Å². The van der Waals surface area contributed by atoms with E-state index in [1.54, 1.807) is 0 Å². The first-order valence-electron chi connectivity index (χ1n) is 1.65. The predicted molar refractivity (Wildman–Crippen MR) is 35.5 cm³/mol. The molecule has 0 aromatic heterocycles. The second-order valence-electron chi connectivity index (χ2n) is 0.828. The molecule has 0 aliphatic heterocycles. The fourth-order valence-electron chi connectivity index (χ4n) is 0.103. The van der Waals surface area contributed by atoms with Gasteiger partial charge in [-0.1, -0.05) is 0 Å². The van der Waals surface area contributed by atoms with E-state index in [2.05, 4.69) is 5.32 Å². The van der Waals surface area contributed by atoms with E-state index in [0.717, 1.165) is 5.37 Å². The number of hydrogen-bond donors (Lipinski definition) is 1. The van der Waals surface area contributed by atoms with Crippen LogP contribution in [0.25, 0.3) is 0 Å². The second-order valence-corrected chi connectivity index (χ2v) is 1.26. The van der Waals surface area contributed by atoms with Crippen molar-refractivity contribution in [2.24, 2.45) is 0 Å². The lowest BCUT2D eigenvalue weighted by atomic mass is 10.7. The van der Waals surface area contributed by atoms with Crippen LogP contribution < -0.4 is 5.32 Å². The monoisotopic (exact) mass is 155 g/mol. The van der Waals surface area contributed by atoms with Crippen LogP contribution in [0.1, 0.15) is 0 Å². The topological polar surface area (TPSA) is 46.2 Å². The minimum Gasteiger partial charge on any atom is -0.355 e. The quantitative estimate of drug-likeness (QED) is 0.503. The summed E-state index contributed by atoms with van der Waals surface area (Å²) in [6, 6.07) is 0. The van der Waals surface area contributed by atoms with Gasteiger partial charge in [-0.15, -0.1) is 12.4 Å². The average molecular weight is 156 g/mol. The highest BCUT2D eigenvalue weighted by Crippen LogP contribution is 1.45. The smallest absolute Gasteiger partial charge is 0.256 e. The van der Waals surface area contributed by atoms with Gasteiger partial charge in [-0.25, -0.2) is 4.21 Å². The van der Waals surface area contributed by atoms with Gasteiger partial charge in [-0.3, -0.25) is 4.79 Å². The van der Waals surface area contributed by atoms with Gasteiger partial charge >= 0.3 is 0 Å². The molecule has 0 atom stereocenters. The number of carbonyl (C=O) groups is 1. The van der Waals surface area contributed by atoms with Gasteiger partial charge in [-0.05, 0) is 0 Å². The number of carbonyl (C=O) groups excluding carboxylic acids is 1. The highest BCUT2D eigenvalue weighted by molar-refractivity contribution is 7.66. The Morgan fingerprint density at radius 2 is 2.25 bits per heavy atom. The Labute approximate surface area is 56.9 Å². The molecule has 0 aliphatic rings. The lowest BCUT2D eigenvalue weighted by molar-refractivity contribution is -0.113. The van der Waals surface area contributed by atoms with Gasteiger partial charge in [0.15, 0.2) is 0 Å². The van der Waals surface area contributed by atoms with Crippen LogP contribution >= 0.6 is 12.4 Å². The van der Waals surface area contributed by atoms with Crippen LogP contribution in [0.5, 0.6) is 0 Å². The van der Waals surface area contributed by atoms with E-state index >= 15 is 0 Å². The van der Waals surface area contributed by atoms with Gasteiger partial charge in [0.1, 0.15) is 0 Å². The molecular formula is C3H6ClNO2S. The van der Waals surface area contributed by atoms with Crippen molar-refractivity contribution in [1.29, 1.82) is 0 Å². The first-order chi connectivity index (χ1) is 3.31. The van der Waals surface area contributed by atoms with E-state index in [-0.39, 0.29) is 29.6 Å². The van der Waals surface area contributed by atoms with Gasteiger partial charge in [-0.2, -0.15) is 0 Å². The lowest BCUT2D eigenvalue weighted by Crippen LogP contribution is -2.18. The Morgan fingerprint density at radius 3 is 2.38 bits per heavy atom. The fourth-order valence-corrected chi connectivity index (χ4v) is 0.308. The first kappa shape index (κ1) is 10.6. The summed E-state index contributed by atoms with van der Waals surface area (Å²) in [6.45, 7) is 0. The highest BCUT2D eigenvalue weighted by atomic mass is 35.5. The summed E-state index contributed by atoms with van der Waals surface area (Å²) in [5.41, 5.74) is 0. The number of nitrogens with one attached hydrogen (secondary N) is 1. The summed E-state index contributed by atoms with van der Waals surface area (Å²) in [6.07, 6.45) is 0. The standard InChI is InChI=1S/C3H5NO2S.ClH/c1-4-3(5)2-7-6;/h2H,1H3,(H,4,5);1H. The average Bonchev–Trinajstić information content (AvgIpc) is 1.68. The Bertz CT molecular complexity index is 120. The van der Waals surface area contributed by atoms with Gasteiger partial charge in [0, 0.05) is 7.05 Å². The third-order valence-corrected chi connectivity index (χ3v) is 0.712. The van der Waals surface area contributed by atoms with E-state index in [0.29, 0.717) is 0 Å². The van der Waals surface area contributed by atoms with Crippen molar-refractivity contribution < 1.29 is 9.00 Å². The van der Waals surface area contributed by atoms with Crippen molar-refractivity contribution in [1.82, 2.24) is 5.32 Å². The van der Waals surface area contributed by atoms with Crippen LogP contribution in [0, 0.1) is 0 Å². The van der Waals surface area contributed by atoms with Crippen LogP contribution in [0.2, 0.25) is 0 Å². The van der Waals surface area contributed by atoms with Crippen molar-refractivity contribution >= 4 is 34.9 Å². The molecule has 0 aromatic carbocycles. The molecule has 5 heteroatoms. The SMILES string of the molecule is CNC(=O)C=S=O.Cl. The highest BCUT2D eigenvalue weighted by Gasteiger charge is 1.83. The van der Waals surface area contributed by atoms with E-state index in [1.807, 2.05) is 0 Å². The number of halogens is 1. The molecule has 3 nitrogen and oxygen atoms in total. The first-order valence-corrected chi connectivity index (χ1v) is 2.45. The normalized spacial score (nSPS) is 6.12. The van der Waals surface area contributed by atoms with Crippen molar-refractivity contribution in [3.05, 3.63) is 0 Å². The van der Waals surface area contributed by atoms with Gasteiger partial charge in [0.25, 0.3) is 5.91 Å². The lowest BCUT2D eigenvalue weighted by Gasteiger charge is -1.81. The van der Waals surface area contributed by atoms with E-state index in [1.165, 1.54) is 7.05 Å². The zero-order valence-corrected chi connectivity index (χ0v) is 5.84. The molecule has 0 unspecified atom stereocenters. The molecule has 8 heavy (non-hydrogen) atoms. The molecule has 0 radical (unpaired) electrons.